The highest BCUT2D eigenvalue weighted by Crippen LogP contribution is 2.34. The number of aromatic nitrogens is 1. The summed E-state index contributed by atoms with van der Waals surface area (Å²) in [5.41, 5.74) is 3.07. The van der Waals surface area contributed by atoms with E-state index >= 15 is 0 Å². The fourth-order valence-electron chi connectivity index (χ4n) is 3.56. The maximum Gasteiger partial charge on any atom is 0.197 e. The first kappa shape index (κ1) is 16.8. The normalized spacial score (nSPS) is 14.7. The van der Waals surface area contributed by atoms with Gasteiger partial charge in [-0.2, -0.15) is 0 Å². The minimum absolute atomic E-state index is 0.253. The first-order valence-electron chi connectivity index (χ1n) is 9.13. The van der Waals surface area contributed by atoms with Crippen LogP contribution < -0.4 is 4.74 Å². The molecule has 0 bridgehead atoms. The van der Waals surface area contributed by atoms with Crippen molar-refractivity contribution in [1.29, 1.82) is 0 Å². The number of rotatable bonds is 5. The average Bonchev–Trinajstić information content (AvgIpc) is 3.34. The smallest absolute Gasteiger partial charge is 0.197 e. The molecule has 134 valence electrons. The number of oxazole rings is 1. The SMILES string of the molecule is Cc1ccc(F)c(-c2ccccc2OCc2coc(C3CCCC3)n2)c1. The fraction of sp³-hybridized carbons (Fsp3) is 0.318. The van der Waals surface area contributed by atoms with Crippen molar-refractivity contribution in [3.05, 3.63) is 71.7 Å². The molecule has 3 aromatic rings. The minimum Gasteiger partial charge on any atom is -0.487 e. The molecule has 1 saturated carbocycles. The molecule has 0 unspecified atom stereocenters. The van der Waals surface area contributed by atoms with Gasteiger partial charge in [0.1, 0.15) is 30.1 Å². The number of hydrogen-bond acceptors (Lipinski definition) is 3. The van der Waals surface area contributed by atoms with Crippen molar-refractivity contribution >= 4 is 0 Å². The van der Waals surface area contributed by atoms with E-state index in [-0.39, 0.29) is 5.82 Å². The molecule has 1 aliphatic rings. The molecule has 4 heteroatoms. The maximum atomic E-state index is 14.3. The number of benzene rings is 2. The number of aryl methyl sites for hydroxylation is 1. The molecule has 1 aliphatic carbocycles. The van der Waals surface area contributed by atoms with Crippen molar-refractivity contribution in [2.75, 3.05) is 0 Å². The van der Waals surface area contributed by atoms with E-state index in [2.05, 4.69) is 4.98 Å². The lowest BCUT2D eigenvalue weighted by molar-refractivity contribution is 0.302. The van der Waals surface area contributed by atoms with Gasteiger partial charge in [0.05, 0.1) is 0 Å². The largest absolute Gasteiger partial charge is 0.487 e. The summed E-state index contributed by atoms with van der Waals surface area (Å²) in [6, 6.07) is 12.6. The van der Waals surface area contributed by atoms with Gasteiger partial charge in [-0.25, -0.2) is 9.37 Å². The Labute approximate surface area is 152 Å². The van der Waals surface area contributed by atoms with E-state index in [9.17, 15) is 4.39 Å². The van der Waals surface area contributed by atoms with Crippen LogP contribution in [0.3, 0.4) is 0 Å². The maximum absolute atomic E-state index is 14.3. The summed E-state index contributed by atoms with van der Waals surface area (Å²) in [5, 5.41) is 0. The second kappa shape index (κ2) is 7.32. The summed E-state index contributed by atoms with van der Waals surface area (Å²) in [4.78, 5) is 4.58. The topological polar surface area (TPSA) is 35.3 Å². The Morgan fingerprint density at radius 3 is 2.77 bits per heavy atom. The summed E-state index contributed by atoms with van der Waals surface area (Å²) in [6.45, 7) is 2.26. The molecule has 1 heterocycles. The van der Waals surface area contributed by atoms with Crippen LogP contribution in [0, 0.1) is 12.7 Å². The molecule has 3 nitrogen and oxygen atoms in total. The van der Waals surface area contributed by atoms with Crippen molar-refractivity contribution in [2.24, 2.45) is 0 Å². The lowest BCUT2D eigenvalue weighted by atomic mass is 10.0. The highest BCUT2D eigenvalue weighted by Gasteiger charge is 2.22. The van der Waals surface area contributed by atoms with Crippen LogP contribution in [0.25, 0.3) is 11.1 Å². The second-order valence-corrected chi connectivity index (χ2v) is 6.93. The van der Waals surface area contributed by atoms with Crippen LogP contribution >= 0.6 is 0 Å². The quantitative estimate of drug-likeness (QED) is 0.563. The lowest BCUT2D eigenvalue weighted by Crippen LogP contribution is -1.99. The van der Waals surface area contributed by atoms with Gasteiger partial charge >= 0.3 is 0 Å². The highest BCUT2D eigenvalue weighted by molar-refractivity contribution is 5.71. The van der Waals surface area contributed by atoms with Crippen molar-refractivity contribution < 1.29 is 13.5 Å². The molecule has 0 N–H and O–H groups in total. The fourth-order valence-corrected chi connectivity index (χ4v) is 3.56. The van der Waals surface area contributed by atoms with Crippen molar-refractivity contribution in [1.82, 2.24) is 4.98 Å². The zero-order chi connectivity index (χ0) is 17.9. The van der Waals surface area contributed by atoms with E-state index in [0.717, 1.165) is 35.6 Å². The van der Waals surface area contributed by atoms with E-state index < -0.39 is 0 Å². The third-order valence-corrected chi connectivity index (χ3v) is 4.95. The first-order valence-corrected chi connectivity index (χ1v) is 9.13. The van der Waals surface area contributed by atoms with Gasteiger partial charge in [0.25, 0.3) is 0 Å². The van der Waals surface area contributed by atoms with Gasteiger partial charge in [0.2, 0.25) is 0 Å². The van der Waals surface area contributed by atoms with Gasteiger partial charge in [0, 0.05) is 17.0 Å². The first-order chi connectivity index (χ1) is 12.7. The van der Waals surface area contributed by atoms with E-state index in [0.29, 0.717) is 23.8 Å². The van der Waals surface area contributed by atoms with E-state index in [1.165, 1.54) is 18.9 Å². The molecule has 0 saturated heterocycles. The van der Waals surface area contributed by atoms with Gasteiger partial charge in [-0.3, -0.25) is 0 Å². The predicted molar refractivity (Wildman–Crippen MR) is 98.6 cm³/mol. The van der Waals surface area contributed by atoms with Crippen molar-refractivity contribution in [3.63, 3.8) is 0 Å². The third kappa shape index (κ3) is 3.50. The van der Waals surface area contributed by atoms with Crippen LogP contribution in [0.15, 0.2) is 53.1 Å². The van der Waals surface area contributed by atoms with Crippen LogP contribution in [0.4, 0.5) is 4.39 Å². The number of halogens is 1. The Bertz CT molecular complexity index is 897. The Hall–Kier alpha value is -2.62. The van der Waals surface area contributed by atoms with Crippen molar-refractivity contribution in [2.45, 2.75) is 45.1 Å². The predicted octanol–water partition coefficient (Wildman–Crippen LogP) is 6.03. The monoisotopic (exact) mass is 351 g/mol. The molecule has 0 atom stereocenters. The number of para-hydroxylation sites is 1. The average molecular weight is 351 g/mol. The Morgan fingerprint density at radius 1 is 1.12 bits per heavy atom. The number of nitrogens with zero attached hydrogens (tertiary/aromatic N) is 1. The van der Waals surface area contributed by atoms with Gasteiger partial charge in [0.15, 0.2) is 5.89 Å². The molecular formula is C22H22FNO2. The second-order valence-electron chi connectivity index (χ2n) is 6.93. The van der Waals surface area contributed by atoms with Gasteiger partial charge in [-0.1, -0.05) is 42.7 Å². The van der Waals surface area contributed by atoms with Crippen molar-refractivity contribution in [3.8, 4) is 16.9 Å². The molecule has 0 spiro atoms. The standard InChI is InChI=1S/C22H22FNO2/c1-15-10-11-20(23)19(12-15)18-8-4-5-9-21(18)25-13-17-14-26-22(24-17)16-6-2-3-7-16/h4-5,8-12,14,16H,2-3,6-7,13H2,1H3. The molecule has 0 radical (unpaired) electrons. The summed E-state index contributed by atoms with van der Waals surface area (Å²) >= 11 is 0. The summed E-state index contributed by atoms with van der Waals surface area (Å²) in [7, 11) is 0. The van der Waals surface area contributed by atoms with Crippen LogP contribution in [-0.2, 0) is 6.61 Å². The zero-order valence-corrected chi connectivity index (χ0v) is 14.9. The van der Waals surface area contributed by atoms with Crippen LogP contribution in [0.5, 0.6) is 5.75 Å². The number of ether oxygens (including phenoxy) is 1. The van der Waals surface area contributed by atoms with Gasteiger partial charge in [-0.05, 0) is 38.0 Å². The third-order valence-electron chi connectivity index (χ3n) is 4.95. The Morgan fingerprint density at radius 2 is 1.92 bits per heavy atom. The molecule has 1 fully saturated rings. The molecule has 1 aromatic heterocycles. The highest BCUT2D eigenvalue weighted by atomic mass is 19.1. The molecule has 0 amide bonds. The summed E-state index contributed by atoms with van der Waals surface area (Å²) in [6.07, 6.45) is 6.46. The summed E-state index contributed by atoms with van der Waals surface area (Å²) < 4.78 is 25.9. The van der Waals surface area contributed by atoms with E-state index in [1.807, 2.05) is 37.3 Å². The Kier molecular flexibility index (Phi) is 4.74. The van der Waals surface area contributed by atoms with Gasteiger partial charge in [-0.15, -0.1) is 0 Å². The van der Waals surface area contributed by atoms with E-state index in [4.69, 9.17) is 9.15 Å². The van der Waals surface area contributed by atoms with Gasteiger partial charge < -0.3 is 9.15 Å². The zero-order valence-electron chi connectivity index (χ0n) is 14.9. The minimum atomic E-state index is -0.253. The van der Waals surface area contributed by atoms with Crippen LogP contribution in [0.2, 0.25) is 0 Å². The van der Waals surface area contributed by atoms with E-state index in [1.54, 1.807) is 12.3 Å². The lowest BCUT2D eigenvalue weighted by Gasteiger charge is -2.12. The molecular weight excluding hydrogens is 329 g/mol. The number of hydrogen-bond donors (Lipinski definition) is 0. The molecule has 4 rings (SSSR count). The van der Waals surface area contributed by atoms with Crippen LogP contribution in [0.1, 0.15) is 48.7 Å². The summed E-state index contributed by atoms with van der Waals surface area (Å²) in [5.74, 6) is 1.65. The van der Waals surface area contributed by atoms with Crippen LogP contribution in [-0.4, -0.2) is 4.98 Å². The molecule has 0 aliphatic heterocycles. The Balaban J connectivity index is 1.53. The molecule has 2 aromatic carbocycles. The molecule has 26 heavy (non-hydrogen) atoms.